The molecule has 3 rings (SSSR count). The number of carbonyl (C=O) groups is 4. The van der Waals surface area contributed by atoms with Gasteiger partial charge in [0.1, 0.15) is 0 Å². The van der Waals surface area contributed by atoms with Gasteiger partial charge in [-0.25, -0.2) is 4.79 Å². The first-order chi connectivity index (χ1) is 14.4. The van der Waals surface area contributed by atoms with E-state index in [0.29, 0.717) is 13.2 Å². The zero-order chi connectivity index (χ0) is 21.7. The number of ether oxygens (including phenoxy) is 2. The normalized spacial score (nSPS) is 13.7. The molecule has 0 unspecified atom stereocenters. The van der Waals surface area contributed by atoms with Crippen molar-refractivity contribution >= 4 is 23.7 Å². The molecule has 1 atom stereocenters. The number of fused-ring (bicyclic) bond motifs is 1. The fourth-order valence-electron chi connectivity index (χ4n) is 3.03. The number of imide groups is 1. The van der Waals surface area contributed by atoms with E-state index in [4.69, 9.17) is 9.47 Å². The molecular weight excluding hydrogens is 388 g/mol. The van der Waals surface area contributed by atoms with Gasteiger partial charge >= 0.3 is 5.97 Å². The third-order valence-corrected chi connectivity index (χ3v) is 4.65. The highest BCUT2D eigenvalue weighted by atomic mass is 16.5. The van der Waals surface area contributed by atoms with Crippen molar-refractivity contribution < 1.29 is 28.7 Å². The van der Waals surface area contributed by atoms with Crippen LogP contribution in [0.5, 0.6) is 0 Å². The van der Waals surface area contributed by atoms with Crippen molar-refractivity contribution in [1.29, 1.82) is 0 Å². The van der Waals surface area contributed by atoms with Crippen molar-refractivity contribution in [2.24, 2.45) is 0 Å². The summed E-state index contributed by atoms with van der Waals surface area (Å²) in [6.45, 7) is 2.23. The van der Waals surface area contributed by atoms with Crippen LogP contribution < -0.4 is 5.32 Å². The largest absolute Gasteiger partial charge is 0.449 e. The minimum atomic E-state index is -1.02. The Morgan fingerprint density at radius 2 is 1.73 bits per heavy atom. The molecule has 1 N–H and O–H groups in total. The monoisotopic (exact) mass is 410 g/mol. The van der Waals surface area contributed by atoms with Gasteiger partial charge in [-0.3, -0.25) is 19.3 Å². The standard InChI is InChI=1S/C22H22N2O6/c1-14(19(25)23-10-11-29-2)30-22(28)16-8-9-17-18(12-16)21(27)24(20(17)26)13-15-6-4-3-5-7-15/h3-9,12,14H,10-11,13H2,1-2H3,(H,23,25)/t14-/m0/s1. The number of benzene rings is 2. The molecule has 0 bridgehead atoms. The first kappa shape index (κ1) is 21.2. The second kappa shape index (κ2) is 9.32. The van der Waals surface area contributed by atoms with E-state index in [1.807, 2.05) is 30.3 Å². The predicted molar refractivity (Wildman–Crippen MR) is 107 cm³/mol. The quantitative estimate of drug-likeness (QED) is 0.404. The second-order valence-corrected chi connectivity index (χ2v) is 6.77. The van der Waals surface area contributed by atoms with E-state index < -0.39 is 29.8 Å². The van der Waals surface area contributed by atoms with Crippen LogP contribution in [0.15, 0.2) is 48.5 Å². The Hall–Kier alpha value is -3.52. The van der Waals surface area contributed by atoms with Crippen molar-refractivity contribution in [1.82, 2.24) is 10.2 Å². The Morgan fingerprint density at radius 1 is 1.03 bits per heavy atom. The Balaban J connectivity index is 1.70. The molecule has 8 nitrogen and oxygen atoms in total. The number of carbonyl (C=O) groups excluding carboxylic acids is 4. The lowest BCUT2D eigenvalue weighted by molar-refractivity contribution is -0.129. The van der Waals surface area contributed by atoms with Gasteiger partial charge in [0.15, 0.2) is 6.10 Å². The lowest BCUT2D eigenvalue weighted by Gasteiger charge is -2.13. The van der Waals surface area contributed by atoms with Crippen molar-refractivity contribution in [3.8, 4) is 0 Å². The van der Waals surface area contributed by atoms with E-state index >= 15 is 0 Å². The van der Waals surface area contributed by atoms with Crippen LogP contribution in [-0.2, 0) is 20.8 Å². The van der Waals surface area contributed by atoms with Gasteiger partial charge < -0.3 is 14.8 Å². The van der Waals surface area contributed by atoms with Crippen LogP contribution in [0.3, 0.4) is 0 Å². The summed E-state index contributed by atoms with van der Waals surface area (Å²) in [6.07, 6.45) is -1.02. The third-order valence-electron chi connectivity index (χ3n) is 4.65. The summed E-state index contributed by atoms with van der Waals surface area (Å²) in [5, 5.41) is 2.58. The van der Waals surface area contributed by atoms with Crippen molar-refractivity contribution in [2.75, 3.05) is 20.3 Å². The zero-order valence-electron chi connectivity index (χ0n) is 16.7. The van der Waals surface area contributed by atoms with E-state index in [9.17, 15) is 19.2 Å². The smallest absolute Gasteiger partial charge is 0.338 e. The summed E-state index contributed by atoms with van der Waals surface area (Å²) in [5.74, 6) is -2.10. The molecule has 3 amide bonds. The molecule has 8 heteroatoms. The minimum Gasteiger partial charge on any atom is -0.449 e. The maximum atomic E-state index is 12.7. The molecule has 1 heterocycles. The number of rotatable bonds is 8. The number of nitrogens with zero attached hydrogens (tertiary/aromatic N) is 1. The number of hydrogen-bond acceptors (Lipinski definition) is 6. The Morgan fingerprint density at radius 3 is 2.43 bits per heavy atom. The number of hydrogen-bond donors (Lipinski definition) is 1. The third kappa shape index (κ3) is 4.55. The number of methoxy groups -OCH3 is 1. The van der Waals surface area contributed by atoms with Crippen LogP contribution in [0.1, 0.15) is 43.6 Å². The van der Waals surface area contributed by atoms with Gasteiger partial charge in [0, 0.05) is 13.7 Å². The maximum Gasteiger partial charge on any atom is 0.338 e. The summed E-state index contributed by atoms with van der Waals surface area (Å²) in [7, 11) is 1.51. The highest BCUT2D eigenvalue weighted by Gasteiger charge is 2.36. The highest BCUT2D eigenvalue weighted by Crippen LogP contribution is 2.26. The molecule has 0 aliphatic carbocycles. The molecule has 0 spiro atoms. The van der Waals surface area contributed by atoms with Gasteiger partial charge in [0.2, 0.25) is 0 Å². The fourth-order valence-corrected chi connectivity index (χ4v) is 3.03. The van der Waals surface area contributed by atoms with Gasteiger partial charge in [-0.05, 0) is 30.7 Å². The van der Waals surface area contributed by atoms with Crippen LogP contribution in [0.4, 0.5) is 0 Å². The van der Waals surface area contributed by atoms with E-state index in [2.05, 4.69) is 5.32 Å². The summed E-state index contributed by atoms with van der Waals surface area (Å²) >= 11 is 0. The predicted octanol–water partition coefficient (Wildman–Crippen LogP) is 1.79. The Bertz CT molecular complexity index is 973. The van der Waals surface area contributed by atoms with Crippen LogP contribution in [0.2, 0.25) is 0 Å². The SMILES string of the molecule is COCCNC(=O)[C@H](C)OC(=O)c1ccc2c(c1)C(=O)N(Cc1ccccc1)C2=O. The number of esters is 1. The van der Waals surface area contributed by atoms with Crippen molar-refractivity contribution in [2.45, 2.75) is 19.6 Å². The maximum absolute atomic E-state index is 12.7. The average molecular weight is 410 g/mol. The van der Waals surface area contributed by atoms with Crippen LogP contribution in [-0.4, -0.2) is 55.0 Å². The molecule has 0 saturated carbocycles. The first-order valence-electron chi connectivity index (χ1n) is 9.44. The molecule has 156 valence electrons. The van der Waals surface area contributed by atoms with Crippen molar-refractivity contribution in [3.05, 3.63) is 70.8 Å². The lowest BCUT2D eigenvalue weighted by atomic mass is 10.1. The fraction of sp³-hybridized carbons (Fsp3) is 0.273. The van der Waals surface area contributed by atoms with Crippen LogP contribution in [0, 0.1) is 0 Å². The zero-order valence-corrected chi connectivity index (χ0v) is 16.7. The molecule has 0 radical (unpaired) electrons. The summed E-state index contributed by atoms with van der Waals surface area (Å²) in [5.41, 5.74) is 1.29. The van der Waals surface area contributed by atoms with Gasteiger partial charge in [-0.2, -0.15) is 0 Å². The van der Waals surface area contributed by atoms with Crippen molar-refractivity contribution in [3.63, 3.8) is 0 Å². The summed E-state index contributed by atoms with van der Waals surface area (Å²) in [6, 6.07) is 13.3. The molecule has 1 aliphatic heterocycles. The van der Waals surface area contributed by atoms with Crippen LogP contribution >= 0.6 is 0 Å². The number of amides is 3. The average Bonchev–Trinajstić information content (AvgIpc) is 2.99. The molecule has 30 heavy (non-hydrogen) atoms. The highest BCUT2D eigenvalue weighted by molar-refractivity contribution is 6.21. The number of nitrogens with one attached hydrogen (secondary N) is 1. The summed E-state index contributed by atoms with van der Waals surface area (Å²) < 4.78 is 10.0. The molecule has 1 aliphatic rings. The van der Waals surface area contributed by atoms with E-state index in [1.165, 1.54) is 32.2 Å². The molecule has 2 aromatic carbocycles. The minimum absolute atomic E-state index is 0.0907. The summed E-state index contributed by atoms with van der Waals surface area (Å²) in [4.78, 5) is 50.8. The van der Waals surface area contributed by atoms with E-state index in [0.717, 1.165) is 10.5 Å². The second-order valence-electron chi connectivity index (χ2n) is 6.77. The van der Waals surface area contributed by atoms with Crippen LogP contribution in [0.25, 0.3) is 0 Å². The van der Waals surface area contributed by atoms with Gasteiger partial charge in [0.25, 0.3) is 17.7 Å². The Kier molecular flexibility index (Phi) is 6.58. The van der Waals surface area contributed by atoms with Gasteiger partial charge in [-0.15, -0.1) is 0 Å². The topological polar surface area (TPSA) is 102 Å². The molecule has 0 saturated heterocycles. The molecule has 0 aromatic heterocycles. The van der Waals surface area contributed by atoms with E-state index in [-0.39, 0.29) is 23.2 Å². The first-order valence-corrected chi connectivity index (χ1v) is 9.44. The molecular formula is C22H22N2O6. The molecule has 0 fully saturated rings. The molecule has 2 aromatic rings. The van der Waals surface area contributed by atoms with Gasteiger partial charge in [-0.1, -0.05) is 30.3 Å². The van der Waals surface area contributed by atoms with E-state index in [1.54, 1.807) is 0 Å². The van der Waals surface area contributed by atoms with Gasteiger partial charge in [0.05, 0.1) is 29.8 Å². The Labute approximate surface area is 173 Å². The lowest BCUT2D eigenvalue weighted by Crippen LogP contribution is -2.37.